The molecule has 1 aromatic carbocycles. The van der Waals surface area contributed by atoms with Crippen LogP contribution in [-0.4, -0.2) is 10.9 Å². The molecule has 21 heavy (non-hydrogen) atoms. The first-order valence-corrected chi connectivity index (χ1v) is 6.76. The van der Waals surface area contributed by atoms with E-state index in [1.54, 1.807) is 18.5 Å². The highest BCUT2D eigenvalue weighted by Gasteiger charge is 2.31. The summed E-state index contributed by atoms with van der Waals surface area (Å²) in [6.07, 6.45) is -1.25. The van der Waals surface area contributed by atoms with Gasteiger partial charge in [-0.05, 0) is 34.1 Å². The molecule has 2 aromatic rings. The molecule has 0 spiro atoms. The van der Waals surface area contributed by atoms with Gasteiger partial charge in [-0.2, -0.15) is 13.2 Å². The molecule has 0 bridgehead atoms. The molecule has 0 aliphatic carbocycles. The molecule has 3 rings (SSSR count). The summed E-state index contributed by atoms with van der Waals surface area (Å²) in [6, 6.07) is 5.14. The molecule has 0 N–H and O–H groups in total. The molecule has 0 saturated carbocycles. The van der Waals surface area contributed by atoms with Crippen LogP contribution in [0.4, 0.5) is 18.9 Å². The predicted octanol–water partition coefficient (Wildman–Crippen LogP) is 4.47. The number of nitrogens with zero attached hydrogens (tertiary/aromatic N) is 2. The number of fused-ring (bicyclic) bond motifs is 1. The van der Waals surface area contributed by atoms with Crippen molar-refractivity contribution >= 4 is 27.5 Å². The van der Waals surface area contributed by atoms with Crippen molar-refractivity contribution in [3.05, 3.63) is 57.8 Å². The topological polar surface area (TPSA) is 34.5 Å². The third kappa shape index (κ3) is 2.78. The maximum atomic E-state index is 12.7. The number of benzene rings is 1. The molecule has 108 valence electrons. The smallest absolute Gasteiger partial charge is 0.416 e. The zero-order valence-electron chi connectivity index (χ0n) is 10.5. The van der Waals surface area contributed by atoms with E-state index in [0.29, 0.717) is 15.6 Å². The summed E-state index contributed by atoms with van der Waals surface area (Å²) in [6.45, 7) is 0.182. The maximum Gasteiger partial charge on any atom is 0.416 e. The zero-order valence-corrected chi connectivity index (χ0v) is 12.1. The van der Waals surface area contributed by atoms with Crippen LogP contribution in [0.3, 0.4) is 0 Å². The number of hydrogen-bond donors (Lipinski definition) is 0. The normalized spacial score (nSPS) is 14.2. The van der Waals surface area contributed by atoms with Gasteiger partial charge >= 0.3 is 6.18 Å². The Kier molecular flexibility index (Phi) is 3.44. The van der Waals surface area contributed by atoms with Crippen molar-refractivity contribution in [2.45, 2.75) is 12.8 Å². The van der Waals surface area contributed by atoms with Crippen molar-refractivity contribution in [1.29, 1.82) is 0 Å². The molecule has 0 radical (unpaired) electrons. The second-order valence-corrected chi connectivity index (χ2v) is 5.26. The molecule has 1 aliphatic rings. The summed E-state index contributed by atoms with van der Waals surface area (Å²) in [5, 5.41) is 0. The van der Waals surface area contributed by atoms with E-state index in [4.69, 9.17) is 4.74 Å². The van der Waals surface area contributed by atoms with E-state index in [1.165, 1.54) is 6.07 Å². The number of ether oxygens (including phenoxy) is 1. The van der Waals surface area contributed by atoms with Crippen LogP contribution in [0.25, 0.3) is 0 Å². The second kappa shape index (κ2) is 5.14. The molecule has 3 nitrogen and oxygen atoms in total. The first-order valence-electron chi connectivity index (χ1n) is 5.96. The van der Waals surface area contributed by atoms with E-state index in [2.05, 4.69) is 25.9 Å². The minimum absolute atomic E-state index is 0.182. The van der Waals surface area contributed by atoms with Gasteiger partial charge in [0.25, 0.3) is 0 Å². The molecule has 0 saturated heterocycles. The van der Waals surface area contributed by atoms with E-state index in [9.17, 15) is 13.2 Å². The Balaban J connectivity index is 2.06. The van der Waals surface area contributed by atoms with Crippen molar-refractivity contribution in [1.82, 2.24) is 4.98 Å². The van der Waals surface area contributed by atoms with Crippen LogP contribution in [0.5, 0.6) is 0 Å². The van der Waals surface area contributed by atoms with Gasteiger partial charge in [0.05, 0.1) is 16.8 Å². The molecule has 0 fully saturated rings. The lowest BCUT2D eigenvalue weighted by Gasteiger charge is -2.18. The van der Waals surface area contributed by atoms with Gasteiger partial charge in [0.1, 0.15) is 6.61 Å². The standard InChI is InChI=1S/C14H8BrF3N2O/c15-11-6-19-4-3-10(11)13-20-12-5-9(14(16,17)18)2-1-8(12)7-21-13/h1-6H,7H2. The van der Waals surface area contributed by atoms with E-state index in [0.717, 1.165) is 12.1 Å². The van der Waals surface area contributed by atoms with Crippen LogP contribution in [0, 0.1) is 0 Å². The van der Waals surface area contributed by atoms with E-state index in [-0.39, 0.29) is 18.2 Å². The summed E-state index contributed by atoms with van der Waals surface area (Å²) in [4.78, 5) is 8.11. The van der Waals surface area contributed by atoms with E-state index < -0.39 is 11.7 Å². The van der Waals surface area contributed by atoms with Gasteiger partial charge in [0.2, 0.25) is 5.90 Å². The van der Waals surface area contributed by atoms with Crippen LogP contribution in [-0.2, 0) is 17.5 Å². The van der Waals surface area contributed by atoms with Gasteiger partial charge in [-0.15, -0.1) is 0 Å². The molecule has 0 amide bonds. The highest BCUT2D eigenvalue weighted by molar-refractivity contribution is 9.10. The molecule has 0 atom stereocenters. The maximum absolute atomic E-state index is 12.7. The van der Waals surface area contributed by atoms with E-state index in [1.807, 2.05) is 0 Å². The van der Waals surface area contributed by atoms with Crippen LogP contribution in [0.2, 0.25) is 0 Å². The predicted molar refractivity (Wildman–Crippen MR) is 74.4 cm³/mol. The van der Waals surface area contributed by atoms with Gasteiger partial charge in [0, 0.05) is 22.4 Å². The number of alkyl halides is 3. The Bertz CT molecular complexity index is 728. The third-order valence-corrected chi connectivity index (χ3v) is 3.63. The van der Waals surface area contributed by atoms with E-state index >= 15 is 0 Å². The molecule has 2 heterocycles. The number of pyridine rings is 1. The zero-order chi connectivity index (χ0) is 15.0. The van der Waals surface area contributed by atoms with Gasteiger partial charge < -0.3 is 4.74 Å². The fraction of sp³-hybridized carbons (Fsp3) is 0.143. The lowest BCUT2D eigenvalue weighted by molar-refractivity contribution is -0.137. The summed E-state index contributed by atoms with van der Waals surface area (Å²) < 4.78 is 44.4. The van der Waals surface area contributed by atoms with Gasteiger partial charge in [-0.25, -0.2) is 4.99 Å². The second-order valence-electron chi connectivity index (χ2n) is 4.40. The summed E-state index contributed by atoms with van der Waals surface area (Å²) >= 11 is 3.31. The Labute approximate surface area is 126 Å². The van der Waals surface area contributed by atoms with Gasteiger partial charge in [-0.3, -0.25) is 4.98 Å². The van der Waals surface area contributed by atoms with Crippen molar-refractivity contribution in [3.8, 4) is 0 Å². The summed E-state index contributed by atoms with van der Waals surface area (Å²) in [5.74, 6) is 0.274. The van der Waals surface area contributed by atoms with Gasteiger partial charge in [-0.1, -0.05) is 6.07 Å². The molecule has 0 unspecified atom stereocenters. The number of halogens is 4. The lowest BCUT2D eigenvalue weighted by Crippen LogP contribution is -2.13. The third-order valence-electron chi connectivity index (χ3n) is 3.00. The van der Waals surface area contributed by atoms with Crippen LogP contribution in [0.15, 0.2) is 46.1 Å². The summed E-state index contributed by atoms with van der Waals surface area (Å²) in [7, 11) is 0. The van der Waals surface area contributed by atoms with Crippen molar-refractivity contribution < 1.29 is 17.9 Å². The van der Waals surface area contributed by atoms with Crippen molar-refractivity contribution in [3.63, 3.8) is 0 Å². The lowest BCUT2D eigenvalue weighted by atomic mass is 10.1. The number of hydrogen-bond acceptors (Lipinski definition) is 3. The van der Waals surface area contributed by atoms with Crippen molar-refractivity contribution in [2.75, 3.05) is 0 Å². The first kappa shape index (κ1) is 14.1. The first-order chi connectivity index (χ1) is 9.95. The summed E-state index contributed by atoms with van der Waals surface area (Å²) in [5.41, 5.74) is 0.819. The highest BCUT2D eigenvalue weighted by atomic mass is 79.9. The minimum Gasteiger partial charge on any atom is -0.472 e. The SMILES string of the molecule is FC(F)(F)c1ccc2c(c1)N=C(c1ccncc1Br)OC2. The number of rotatable bonds is 1. The fourth-order valence-corrected chi connectivity index (χ4v) is 2.36. The Morgan fingerprint density at radius 2 is 2.00 bits per heavy atom. The fourth-order valence-electron chi connectivity index (χ4n) is 1.94. The molecule has 7 heteroatoms. The number of aromatic nitrogens is 1. The largest absolute Gasteiger partial charge is 0.472 e. The highest BCUT2D eigenvalue weighted by Crippen LogP contribution is 2.35. The van der Waals surface area contributed by atoms with Gasteiger partial charge in [0.15, 0.2) is 0 Å². The average Bonchev–Trinajstić information content (AvgIpc) is 2.45. The average molecular weight is 357 g/mol. The molecule has 1 aromatic heterocycles. The Morgan fingerprint density at radius 3 is 2.71 bits per heavy atom. The van der Waals surface area contributed by atoms with Crippen LogP contribution in [0.1, 0.15) is 16.7 Å². The monoisotopic (exact) mass is 356 g/mol. The Morgan fingerprint density at radius 1 is 1.19 bits per heavy atom. The van der Waals surface area contributed by atoms with Crippen molar-refractivity contribution in [2.24, 2.45) is 4.99 Å². The quantitative estimate of drug-likeness (QED) is 0.755. The number of aliphatic imine (C=N–C) groups is 1. The van der Waals surface area contributed by atoms with Crippen LogP contribution >= 0.6 is 15.9 Å². The Hall–Kier alpha value is -1.89. The van der Waals surface area contributed by atoms with Crippen LogP contribution < -0.4 is 0 Å². The molecular formula is C14H8BrF3N2O. The minimum atomic E-state index is -4.39. The molecular weight excluding hydrogens is 349 g/mol. The molecule has 1 aliphatic heterocycles.